The molecule has 1 heteroatoms. The van der Waals surface area contributed by atoms with Crippen LogP contribution in [-0.2, 0) is 11.3 Å². The van der Waals surface area contributed by atoms with Crippen molar-refractivity contribution >= 4 is 0 Å². The molecule has 0 fully saturated rings. The predicted molar refractivity (Wildman–Crippen MR) is 115 cm³/mol. The minimum Gasteiger partial charge on any atom is -0.373 e. The van der Waals surface area contributed by atoms with Crippen LogP contribution in [-0.4, -0.2) is 6.10 Å². The van der Waals surface area contributed by atoms with Crippen LogP contribution in [0, 0.1) is 6.92 Å². The molecule has 1 aromatic rings. The molecule has 0 spiro atoms. The zero-order chi connectivity index (χ0) is 18.7. The van der Waals surface area contributed by atoms with E-state index in [-0.39, 0.29) is 0 Å². The van der Waals surface area contributed by atoms with Crippen LogP contribution in [0.4, 0.5) is 0 Å². The standard InChI is InChI=1S/C25H41O/c1-3-5-7-9-10-11-12-13-18-22-25(21-17-8-6-4-2)26-23-24-19-15-14-16-20-24/h13-16,18-20,25H,1,3-12,17,21-23H2,2H3/b18-13+. The topological polar surface area (TPSA) is 9.23 Å². The van der Waals surface area contributed by atoms with E-state index in [1.165, 1.54) is 76.2 Å². The lowest BCUT2D eigenvalue weighted by atomic mass is 10.1. The van der Waals surface area contributed by atoms with Crippen LogP contribution in [0.2, 0.25) is 0 Å². The van der Waals surface area contributed by atoms with Gasteiger partial charge in [0.1, 0.15) is 0 Å². The summed E-state index contributed by atoms with van der Waals surface area (Å²) in [7, 11) is 0. The minimum atomic E-state index is 0.361. The number of ether oxygens (including phenoxy) is 1. The van der Waals surface area contributed by atoms with Crippen molar-refractivity contribution in [3.8, 4) is 0 Å². The summed E-state index contributed by atoms with van der Waals surface area (Å²) in [5.41, 5.74) is 1.28. The number of hydrogen-bond donors (Lipinski definition) is 0. The number of rotatable bonds is 17. The monoisotopic (exact) mass is 357 g/mol. The van der Waals surface area contributed by atoms with Crippen molar-refractivity contribution in [3.63, 3.8) is 0 Å². The molecule has 0 amide bonds. The highest BCUT2D eigenvalue weighted by Gasteiger charge is 2.07. The quantitative estimate of drug-likeness (QED) is 0.202. The molecule has 0 saturated heterocycles. The Balaban J connectivity index is 2.23. The number of allylic oxidation sites excluding steroid dienone is 1. The summed E-state index contributed by atoms with van der Waals surface area (Å²) in [6.45, 7) is 6.91. The van der Waals surface area contributed by atoms with Gasteiger partial charge in [0, 0.05) is 0 Å². The fourth-order valence-corrected chi connectivity index (χ4v) is 3.19. The summed E-state index contributed by atoms with van der Waals surface area (Å²) >= 11 is 0. The summed E-state index contributed by atoms with van der Waals surface area (Å²) in [6.07, 6.45) is 21.5. The smallest absolute Gasteiger partial charge is 0.0720 e. The third-order valence-electron chi connectivity index (χ3n) is 4.89. The van der Waals surface area contributed by atoms with E-state index in [4.69, 9.17) is 4.74 Å². The summed E-state index contributed by atoms with van der Waals surface area (Å²) in [4.78, 5) is 0. The molecule has 26 heavy (non-hydrogen) atoms. The third kappa shape index (κ3) is 13.2. The van der Waals surface area contributed by atoms with Gasteiger partial charge in [0.2, 0.25) is 0 Å². The molecule has 1 radical (unpaired) electrons. The molecule has 1 unspecified atom stereocenters. The highest BCUT2D eigenvalue weighted by molar-refractivity contribution is 5.13. The molecule has 0 aromatic heterocycles. The Hall–Kier alpha value is -1.08. The van der Waals surface area contributed by atoms with E-state index >= 15 is 0 Å². The second-order valence-electron chi connectivity index (χ2n) is 7.39. The first-order valence-corrected chi connectivity index (χ1v) is 11.0. The fraction of sp³-hybridized carbons (Fsp3) is 0.640. The number of unbranched alkanes of at least 4 members (excludes halogenated alkanes) is 9. The van der Waals surface area contributed by atoms with Crippen molar-refractivity contribution in [1.29, 1.82) is 0 Å². The molecule has 0 bridgehead atoms. The van der Waals surface area contributed by atoms with Crippen molar-refractivity contribution in [2.24, 2.45) is 0 Å². The lowest BCUT2D eigenvalue weighted by molar-refractivity contribution is 0.0353. The van der Waals surface area contributed by atoms with Crippen molar-refractivity contribution in [2.45, 2.75) is 103 Å². The van der Waals surface area contributed by atoms with Gasteiger partial charge in [-0.15, -0.1) is 0 Å². The van der Waals surface area contributed by atoms with Gasteiger partial charge in [0.15, 0.2) is 0 Å². The molecular weight excluding hydrogens is 316 g/mol. The van der Waals surface area contributed by atoms with Crippen molar-refractivity contribution in [2.75, 3.05) is 0 Å². The average Bonchev–Trinajstić information content (AvgIpc) is 2.68. The van der Waals surface area contributed by atoms with Gasteiger partial charge in [0.25, 0.3) is 0 Å². The van der Waals surface area contributed by atoms with Crippen molar-refractivity contribution in [1.82, 2.24) is 0 Å². The molecule has 147 valence electrons. The zero-order valence-electron chi connectivity index (χ0n) is 17.1. The first kappa shape index (κ1) is 23.0. The van der Waals surface area contributed by atoms with E-state index < -0.39 is 0 Å². The molecular formula is C25H41O. The van der Waals surface area contributed by atoms with Gasteiger partial charge in [-0.05, 0) is 31.2 Å². The Morgan fingerprint density at radius 3 is 2.38 bits per heavy atom. The average molecular weight is 358 g/mol. The van der Waals surface area contributed by atoms with E-state index in [1.807, 2.05) is 0 Å². The van der Waals surface area contributed by atoms with E-state index in [2.05, 4.69) is 56.3 Å². The molecule has 0 aliphatic carbocycles. The maximum atomic E-state index is 6.22. The van der Waals surface area contributed by atoms with Gasteiger partial charge in [-0.25, -0.2) is 0 Å². The van der Waals surface area contributed by atoms with Gasteiger partial charge in [-0.1, -0.05) is 114 Å². The molecule has 1 atom stereocenters. The highest BCUT2D eigenvalue weighted by Crippen LogP contribution is 2.15. The molecule has 1 nitrogen and oxygen atoms in total. The zero-order valence-corrected chi connectivity index (χ0v) is 17.1. The molecule has 1 aromatic carbocycles. The predicted octanol–water partition coefficient (Wildman–Crippen LogP) is 8.05. The molecule has 0 aliphatic heterocycles. The first-order chi connectivity index (χ1) is 12.9. The van der Waals surface area contributed by atoms with Crippen LogP contribution in [0.25, 0.3) is 0 Å². The van der Waals surface area contributed by atoms with Gasteiger partial charge in [-0.3, -0.25) is 0 Å². The van der Waals surface area contributed by atoms with Crippen LogP contribution in [0.3, 0.4) is 0 Å². The normalized spacial score (nSPS) is 12.7. The Labute approximate surface area is 163 Å². The Bertz CT molecular complexity index is 423. The summed E-state index contributed by atoms with van der Waals surface area (Å²) in [6, 6.07) is 10.5. The molecule has 0 N–H and O–H groups in total. The highest BCUT2D eigenvalue weighted by atomic mass is 16.5. The van der Waals surface area contributed by atoms with Crippen molar-refractivity contribution in [3.05, 3.63) is 55.0 Å². The maximum absolute atomic E-state index is 6.22. The largest absolute Gasteiger partial charge is 0.373 e. The van der Waals surface area contributed by atoms with E-state index in [0.717, 1.165) is 19.4 Å². The van der Waals surface area contributed by atoms with Gasteiger partial charge < -0.3 is 4.74 Å². The van der Waals surface area contributed by atoms with Crippen LogP contribution < -0.4 is 0 Å². The fourth-order valence-electron chi connectivity index (χ4n) is 3.19. The second-order valence-corrected chi connectivity index (χ2v) is 7.39. The second kappa shape index (κ2) is 17.3. The van der Waals surface area contributed by atoms with Crippen LogP contribution >= 0.6 is 0 Å². The maximum Gasteiger partial charge on any atom is 0.0720 e. The lowest BCUT2D eigenvalue weighted by Crippen LogP contribution is -2.12. The van der Waals surface area contributed by atoms with E-state index in [0.29, 0.717) is 6.10 Å². The summed E-state index contributed by atoms with van der Waals surface area (Å²) in [5, 5.41) is 0. The van der Waals surface area contributed by atoms with E-state index in [9.17, 15) is 0 Å². The van der Waals surface area contributed by atoms with Gasteiger partial charge in [-0.2, -0.15) is 0 Å². The minimum absolute atomic E-state index is 0.361. The van der Waals surface area contributed by atoms with Crippen LogP contribution in [0.5, 0.6) is 0 Å². The molecule has 0 aliphatic rings. The molecule has 0 heterocycles. The summed E-state index contributed by atoms with van der Waals surface area (Å²) in [5.74, 6) is 0. The van der Waals surface area contributed by atoms with Gasteiger partial charge >= 0.3 is 0 Å². The molecule has 0 saturated carbocycles. The Morgan fingerprint density at radius 2 is 1.62 bits per heavy atom. The molecule has 1 rings (SSSR count). The Kier molecular flexibility index (Phi) is 15.3. The van der Waals surface area contributed by atoms with Crippen LogP contribution in [0.1, 0.15) is 96.0 Å². The number of hydrogen-bond acceptors (Lipinski definition) is 1. The Morgan fingerprint density at radius 1 is 0.885 bits per heavy atom. The SMILES string of the molecule is [CH2]CCCCCCC/C=C/CC(CCCCCC)OCc1ccccc1. The third-order valence-corrected chi connectivity index (χ3v) is 4.89. The van der Waals surface area contributed by atoms with E-state index in [1.54, 1.807) is 0 Å². The first-order valence-electron chi connectivity index (χ1n) is 11.0. The van der Waals surface area contributed by atoms with Gasteiger partial charge in [0.05, 0.1) is 12.7 Å². The van der Waals surface area contributed by atoms with Crippen LogP contribution in [0.15, 0.2) is 42.5 Å². The summed E-state index contributed by atoms with van der Waals surface area (Å²) < 4.78 is 6.22. The van der Waals surface area contributed by atoms with Crippen molar-refractivity contribution < 1.29 is 4.74 Å². The number of benzene rings is 1. The lowest BCUT2D eigenvalue weighted by Gasteiger charge is -2.16.